The predicted molar refractivity (Wildman–Crippen MR) is 83.6 cm³/mol. The molecule has 116 valence electrons. The third-order valence-electron chi connectivity index (χ3n) is 3.20. The molecule has 3 rings (SSSR count). The van der Waals surface area contributed by atoms with Crippen LogP contribution in [0.2, 0.25) is 0 Å². The van der Waals surface area contributed by atoms with Crippen molar-refractivity contribution in [2.45, 2.75) is 6.54 Å². The first-order valence-corrected chi connectivity index (χ1v) is 7.11. The summed E-state index contributed by atoms with van der Waals surface area (Å²) in [4.78, 5) is 27.9. The maximum absolute atomic E-state index is 12.0. The highest BCUT2D eigenvalue weighted by atomic mass is 16.2. The summed E-state index contributed by atoms with van der Waals surface area (Å²) in [6.45, 7) is 0.212. The Morgan fingerprint density at radius 2 is 1.96 bits per heavy atom. The third-order valence-corrected chi connectivity index (χ3v) is 3.20. The topological polar surface area (TPSA) is 88.4 Å². The Morgan fingerprint density at radius 3 is 2.74 bits per heavy atom. The molecule has 0 spiro atoms. The molecule has 7 heteroatoms. The summed E-state index contributed by atoms with van der Waals surface area (Å²) in [5.41, 5.74) is 1.85. The standard InChI is InChI=1S/C16H15N5O2/c22-15(18-10-12-5-1-3-7-17-12)11-19-16(23)14-9-13-6-2-4-8-21(13)20-14/h1-9H,10-11H2,(H,18,22)(H,19,23). The summed E-state index contributed by atoms with van der Waals surface area (Å²) in [6, 6.07) is 12.7. The van der Waals surface area contributed by atoms with E-state index in [-0.39, 0.29) is 24.1 Å². The van der Waals surface area contributed by atoms with Gasteiger partial charge in [-0.2, -0.15) is 5.10 Å². The van der Waals surface area contributed by atoms with E-state index in [2.05, 4.69) is 20.7 Å². The van der Waals surface area contributed by atoms with Crippen molar-refractivity contribution in [1.82, 2.24) is 25.2 Å². The van der Waals surface area contributed by atoms with Crippen LogP contribution in [0.4, 0.5) is 0 Å². The molecule has 0 unspecified atom stereocenters. The van der Waals surface area contributed by atoms with Crippen molar-refractivity contribution in [3.8, 4) is 0 Å². The second kappa shape index (κ2) is 6.69. The third kappa shape index (κ3) is 3.70. The van der Waals surface area contributed by atoms with E-state index in [0.29, 0.717) is 6.54 Å². The van der Waals surface area contributed by atoms with Crippen molar-refractivity contribution in [1.29, 1.82) is 0 Å². The molecular weight excluding hydrogens is 294 g/mol. The van der Waals surface area contributed by atoms with Gasteiger partial charge in [0.15, 0.2) is 5.69 Å². The minimum Gasteiger partial charge on any atom is -0.349 e. The van der Waals surface area contributed by atoms with E-state index in [1.165, 1.54) is 0 Å². The van der Waals surface area contributed by atoms with Crippen molar-refractivity contribution in [3.05, 3.63) is 66.2 Å². The molecule has 3 aromatic heterocycles. The van der Waals surface area contributed by atoms with Gasteiger partial charge in [0.25, 0.3) is 5.91 Å². The normalized spacial score (nSPS) is 10.4. The van der Waals surface area contributed by atoms with Gasteiger partial charge >= 0.3 is 0 Å². The molecule has 0 saturated carbocycles. The van der Waals surface area contributed by atoms with E-state index < -0.39 is 0 Å². The highest BCUT2D eigenvalue weighted by Crippen LogP contribution is 2.05. The number of nitrogens with zero attached hydrogens (tertiary/aromatic N) is 3. The second-order valence-electron chi connectivity index (χ2n) is 4.88. The first-order chi connectivity index (χ1) is 11.2. The van der Waals surface area contributed by atoms with Crippen LogP contribution in [0, 0.1) is 0 Å². The Hall–Kier alpha value is -3.22. The van der Waals surface area contributed by atoms with Gasteiger partial charge in [0.1, 0.15) is 0 Å². The van der Waals surface area contributed by atoms with E-state index in [4.69, 9.17) is 0 Å². The summed E-state index contributed by atoms with van der Waals surface area (Å²) < 4.78 is 1.61. The number of hydrogen-bond donors (Lipinski definition) is 2. The molecule has 0 fully saturated rings. The summed E-state index contributed by atoms with van der Waals surface area (Å²) in [5.74, 6) is -0.672. The number of nitrogens with one attached hydrogen (secondary N) is 2. The highest BCUT2D eigenvalue weighted by molar-refractivity contribution is 5.95. The number of amides is 2. The number of carbonyl (C=O) groups is 2. The number of carbonyl (C=O) groups excluding carboxylic acids is 2. The first-order valence-electron chi connectivity index (χ1n) is 7.11. The number of rotatable bonds is 5. The molecule has 2 N–H and O–H groups in total. The van der Waals surface area contributed by atoms with Crippen molar-refractivity contribution in [2.24, 2.45) is 0 Å². The minimum atomic E-state index is -0.387. The molecule has 0 bridgehead atoms. The van der Waals surface area contributed by atoms with Crippen LogP contribution >= 0.6 is 0 Å². The molecule has 2 amide bonds. The lowest BCUT2D eigenvalue weighted by atomic mass is 10.3. The van der Waals surface area contributed by atoms with Crippen LogP contribution < -0.4 is 10.6 Å². The molecular formula is C16H15N5O2. The van der Waals surface area contributed by atoms with E-state index in [9.17, 15) is 9.59 Å². The van der Waals surface area contributed by atoms with E-state index in [1.54, 1.807) is 29.0 Å². The zero-order valence-electron chi connectivity index (χ0n) is 12.3. The molecule has 0 aliphatic carbocycles. The monoisotopic (exact) mass is 309 g/mol. The van der Waals surface area contributed by atoms with Crippen molar-refractivity contribution in [3.63, 3.8) is 0 Å². The fourth-order valence-electron chi connectivity index (χ4n) is 2.05. The fraction of sp³-hybridized carbons (Fsp3) is 0.125. The maximum Gasteiger partial charge on any atom is 0.272 e. The zero-order valence-corrected chi connectivity index (χ0v) is 12.3. The smallest absolute Gasteiger partial charge is 0.272 e. The van der Waals surface area contributed by atoms with Crippen LogP contribution in [0.1, 0.15) is 16.2 Å². The quantitative estimate of drug-likeness (QED) is 0.729. The number of hydrogen-bond acceptors (Lipinski definition) is 4. The van der Waals surface area contributed by atoms with E-state index in [0.717, 1.165) is 11.2 Å². The second-order valence-corrected chi connectivity index (χ2v) is 4.88. The first kappa shape index (κ1) is 14.7. The summed E-state index contributed by atoms with van der Waals surface area (Å²) in [6.07, 6.45) is 3.42. The van der Waals surface area contributed by atoms with Gasteiger partial charge in [0.05, 0.1) is 24.3 Å². The molecule has 0 radical (unpaired) electrons. The van der Waals surface area contributed by atoms with Gasteiger partial charge in [0.2, 0.25) is 5.91 Å². The molecule has 7 nitrogen and oxygen atoms in total. The Kier molecular flexibility index (Phi) is 4.28. The van der Waals surface area contributed by atoms with Crippen LogP contribution in [0.15, 0.2) is 54.9 Å². The number of pyridine rings is 2. The Labute approximate surface area is 132 Å². The van der Waals surface area contributed by atoms with Crippen LogP contribution in [0.3, 0.4) is 0 Å². The van der Waals surface area contributed by atoms with E-state index in [1.807, 2.05) is 30.3 Å². The summed E-state index contributed by atoms with van der Waals surface area (Å²) in [7, 11) is 0. The summed E-state index contributed by atoms with van der Waals surface area (Å²) in [5, 5.41) is 9.39. The lowest BCUT2D eigenvalue weighted by Gasteiger charge is -2.05. The molecule has 3 aromatic rings. The Morgan fingerprint density at radius 1 is 1.09 bits per heavy atom. The van der Waals surface area contributed by atoms with Crippen LogP contribution in [-0.4, -0.2) is 33.0 Å². The molecule has 0 atom stereocenters. The highest BCUT2D eigenvalue weighted by Gasteiger charge is 2.11. The lowest BCUT2D eigenvalue weighted by Crippen LogP contribution is -2.36. The van der Waals surface area contributed by atoms with Gasteiger partial charge in [-0.05, 0) is 30.3 Å². The van der Waals surface area contributed by atoms with Crippen molar-refractivity contribution >= 4 is 17.3 Å². The maximum atomic E-state index is 12.0. The zero-order chi connectivity index (χ0) is 16.1. The molecule has 0 aliphatic heterocycles. The van der Waals surface area contributed by atoms with Crippen LogP contribution in [0.5, 0.6) is 0 Å². The fourth-order valence-corrected chi connectivity index (χ4v) is 2.05. The van der Waals surface area contributed by atoms with Crippen LogP contribution in [-0.2, 0) is 11.3 Å². The predicted octanol–water partition coefficient (Wildman–Crippen LogP) is 0.775. The molecule has 0 saturated heterocycles. The number of aromatic nitrogens is 3. The van der Waals surface area contributed by atoms with Gasteiger partial charge in [-0.25, -0.2) is 4.52 Å². The average Bonchev–Trinajstić information content (AvgIpc) is 3.03. The summed E-state index contributed by atoms with van der Waals surface area (Å²) >= 11 is 0. The Balaban J connectivity index is 1.51. The van der Waals surface area contributed by atoms with E-state index >= 15 is 0 Å². The van der Waals surface area contributed by atoms with Gasteiger partial charge in [-0.3, -0.25) is 14.6 Å². The van der Waals surface area contributed by atoms with Gasteiger partial charge < -0.3 is 10.6 Å². The van der Waals surface area contributed by atoms with Crippen LogP contribution in [0.25, 0.3) is 5.52 Å². The number of fused-ring (bicyclic) bond motifs is 1. The Bertz CT molecular complexity index is 796. The van der Waals surface area contributed by atoms with Crippen molar-refractivity contribution < 1.29 is 9.59 Å². The van der Waals surface area contributed by atoms with Gasteiger partial charge in [-0.15, -0.1) is 0 Å². The minimum absolute atomic E-state index is 0.112. The van der Waals surface area contributed by atoms with Gasteiger partial charge in [0, 0.05) is 12.4 Å². The van der Waals surface area contributed by atoms with Gasteiger partial charge in [-0.1, -0.05) is 12.1 Å². The molecule has 23 heavy (non-hydrogen) atoms. The lowest BCUT2D eigenvalue weighted by molar-refractivity contribution is -0.120. The van der Waals surface area contributed by atoms with Crippen molar-refractivity contribution in [2.75, 3.05) is 6.54 Å². The molecule has 0 aliphatic rings. The average molecular weight is 309 g/mol. The SMILES string of the molecule is O=C(CNC(=O)c1cc2ccccn2n1)NCc1ccccn1. The molecule has 0 aromatic carbocycles. The molecule has 3 heterocycles. The largest absolute Gasteiger partial charge is 0.349 e.